The number of ketones is 1. The number of benzene rings is 1. The topological polar surface area (TPSA) is 58.6 Å². The molecule has 0 bridgehead atoms. The molecule has 1 aliphatic rings. The summed E-state index contributed by atoms with van der Waals surface area (Å²) >= 11 is 0. The molecule has 2 atom stereocenters. The first-order valence-corrected chi connectivity index (χ1v) is 10.1. The van der Waals surface area contributed by atoms with Crippen LogP contribution in [0.25, 0.3) is 0 Å². The molecule has 0 unspecified atom stereocenters. The van der Waals surface area contributed by atoms with E-state index in [1.54, 1.807) is 11.8 Å². The molecule has 0 aliphatic carbocycles. The van der Waals surface area contributed by atoms with E-state index >= 15 is 0 Å². The standard InChI is InChI=1S/C22H29FN4O2/c1-5-26(4)21-20(23)13-24-22(25-21)27-11-10-19(14-27)29-18-8-6-17(7-9-18)15(2)12-16(3)28/h6-9,13,15,19H,5,10-12,14H2,1-4H3/t15-,19-/m1/s1. The van der Waals surface area contributed by atoms with Crippen LogP contribution in [0.1, 0.15) is 45.1 Å². The van der Waals surface area contributed by atoms with Gasteiger partial charge in [0, 0.05) is 33.0 Å². The average molecular weight is 400 g/mol. The largest absolute Gasteiger partial charge is 0.489 e. The van der Waals surface area contributed by atoms with Gasteiger partial charge in [0.15, 0.2) is 11.6 Å². The monoisotopic (exact) mass is 400 g/mol. The van der Waals surface area contributed by atoms with E-state index < -0.39 is 5.82 Å². The molecule has 1 aromatic carbocycles. The molecule has 156 valence electrons. The van der Waals surface area contributed by atoms with Gasteiger partial charge in [-0.25, -0.2) is 9.37 Å². The zero-order valence-corrected chi connectivity index (χ0v) is 17.6. The van der Waals surface area contributed by atoms with Gasteiger partial charge >= 0.3 is 0 Å². The first-order chi connectivity index (χ1) is 13.9. The second-order valence-corrected chi connectivity index (χ2v) is 7.71. The van der Waals surface area contributed by atoms with E-state index in [1.807, 2.05) is 43.1 Å². The highest BCUT2D eigenvalue weighted by atomic mass is 19.1. The maximum absolute atomic E-state index is 14.0. The Hall–Kier alpha value is -2.70. The minimum Gasteiger partial charge on any atom is -0.489 e. The molecule has 2 heterocycles. The van der Waals surface area contributed by atoms with E-state index in [0.29, 0.717) is 31.3 Å². The summed E-state index contributed by atoms with van der Waals surface area (Å²) in [5.74, 6) is 1.64. The number of hydrogen-bond donors (Lipinski definition) is 0. The highest BCUT2D eigenvalue weighted by molar-refractivity contribution is 5.76. The van der Waals surface area contributed by atoms with Crippen molar-refractivity contribution in [3.63, 3.8) is 0 Å². The normalized spacial score (nSPS) is 17.3. The molecule has 2 aromatic rings. The number of carbonyl (C=O) groups is 1. The molecule has 1 aliphatic heterocycles. The van der Waals surface area contributed by atoms with Crippen molar-refractivity contribution in [2.45, 2.75) is 45.6 Å². The van der Waals surface area contributed by atoms with Crippen LogP contribution in [0.4, 0.5) is 16.2 Å². The van der Waals surface area contributed by atoms with Gasteiger partial charge in [-0.05, 0) is 37.5 Å². The third-order valence-electron chi connectivity index (χ3n) is 5.32. The zero-order chi connectivity index (χ0) is 21.0. The first kappa shape index (κ1) is 21.0. The number of hydrogen-bond acceptors (Lipinski definition) is 6. The third kappa shape index (κ3) is 5.22. The fourth-order valence-corrected chi connectivity index (χ4v) is 3.54. The number of rotatable bonds is 8. The van der Waals surface area contributed by atoms with Gasteiger partial charge in [-0.15, -0.1) is 0 Å². The van der Waals surface area contributed by atoms with E-state index in [9.17, 15) is 9.18 Å². The Labute approximate surface area is 171 Å². The molecule has 6 nitrogen and oxygen atoms in total. The molecule has 1 fully saturated rings. The van der Waals surface area contributed by atoms with Crippen molar-refractivity contribution in [2.75, 3.05) is 36.5 Å². The minimum atomic E-state index is -0.413. The Kier molecular flexibility index (Phi) is 6.67. The van der Waals surface area contributed by atoms with Crippen LogP contribution in [-0.4, -0.2) is 48.5 Å². The van der Waals surface area contributed by atoms with Gasteiger partial charge in [0.2, 0.25) is 5.95 Å². The van der Waals surface area contributed by atoms with Gasteiger partial charge < -0.3 is 19.3 Å². The van der Waals surface area contributed by atoms with E-state index in [0.717, 1.165) is 24.3 Å². The van der Waals surface area contributed by atoms with Crippen LogP contribution in [-0.2, 0) is 4.79 Å². The Morgan fingerprint density at radius 1 is 1.38 bits per heavy atom. The molecule has 0 saturated carbocycles. The summed E-state index contributed by atoms with van der Waals surface area (Å²) in [6.07, 6.45) is 2.66. The lowest BCUT2D eigenvalue weighted by Crippen LogP contribution is -2.27. The molecule has 0 N–H and O–H groups in total. The average Bonchev–Trinajstić information content (AvgIpc) is 3.16. The number of nitrogens with zero attached hydrogens (tertiary/aromatic N) is 4. The van der Waals surface area contributed by atoms with E-state index in [-0.39, 0.29) is 17.8 Å². The second kappa shape index (κ2) is 9.20. The summed E-state index contributed by atoms with van der Waals surface area (Å²) in [4.78, 5) is 23.7. The van der Waals surface area contributed by atoms with Crippen molar-refractivity contribution in [1.29, 1.82) is 0 Å². The number of halogens is 1. The van der Waals surface area contributed by atoms with Crippen LogP contribution in [0, 0.1) is 5.82 Å². The molecule has 0 spiro atoms. The van der Waals surface area contributed by atoms with Crippen LogP contribution < -0.4 is 14.5 Å². The van der Waals surface area contributed by atoms with Crippen molar-refractivity contribution in [2.24, 2.45) is 0 Å². The molecular weight excluding hydrogens is 371 g/mol. The molecule has 1 saturated heterocycles. The molecule has 3 rings (SSSR count). The van der Waals surface area contributed by atoms with Gasteiger partial charge in [-0.1, -0.05) is 19.1 Å². The highest BCUT2D eigenvalue weighted by Gasteiger charge is 2.27. The lowest BCUT2D eigenvalue weighted by molar-refractivity contribution is -0.117. The van der Waals surface area contributed by atoms with Crippen molar-refractivity contribution < 1.29 is 13.9 Å². The van der Waals surface area contributed by atoms with Gasteiger partial charge in [-0.2, -0.15) is 4.98 Å². The van der Waals surface area contributed by atoms with E-state index in [4.69, 9.17) is 4.74 Å². The maximum Gasteiger partial charge on any atom is 0.227 e. The summed E-state index contributed by atoms with van der Waals surface area (Å²) in [6, 6.07) is 7.95. The molecule has 7 heteroatoms. The SMILES string of the molecule is CCN(C)c1nc(N2CC[C@@H](Oc3ccc([C@H](C)CC(C)=O)cc3)C2)ncc1F. The van der Waals surface area contributed by atoms with Crippen LogP contribution >= 0.6 is 0 Å². The second-order valence-electron chi connectivity index (χ2n) is 7.71. The van der Waals surface area contributed by atoms with E-state index in [1.165, 1.54) is 6.20 Å². The van der Waals surface area contributed by atoms with Crippen molar-refractivity contribution >= 4 is 17.5 Å². The Morgan fingerprint density at radius 2 is 2.10 bits per heavy atom. The summed E-state index contributed by atoms with van der Waals surface area (Å²) in [5.41, 5.74) is 1.13. The Bertz CT molecular complexity index is 843. The number of anilines is 2. The van der Waals surface area contributed by atoms with Crippen molar-refractivity contribution in [1.82, 2.24) is 9.97 Å². The van der Waals surface area contributed by atoms with Gasteiger partial charge in [0.25, 0.3) is 0 Å². The van der Waals surface area contributed by atoms with Gasteiger partial charge in [-0.3, -0.25) is 0 Å². The maximum atomic E-state index is 14.0. The zero-order valence-electron chi connectivity index (χ0n) is 17.6. The van der Waals surface area contributed by atoms with Crippen LogP contribution in [0.5, 0.6) is 5.75 Å². The predicted octanol–water partition coefficient (Wildman–Crippen LogP) is 3.81. The molecule has 1 aromatic heterocycles. The van der Waals surface area contributed by atoms with Gasteiger partial charge in [0.05, 0.1) is 12.7 Å². The Morgan fingerprint density at radius 3 is 2.76 bits per heavy atom. The number of carbonyl (C=O) groups excluding carboxylic acids is 1. The highest BCUT2D eigenvalue weighted by Crippen LogP contribution is 2.26. The summed E-state index contributed by atoms with van der Waals surface area (Å²) in [5, 5.41) is 0. The molecule has 0 radical (unpaired) electrons. The Balaban J connectivity index is 1.61. The lowest BCUT2D eigenvalue weighted by atomic mass is 9.96. The predicted molar refractivity (Wildman–Crippen MR) is 112 cm³/mol. The van der Waals surface area contributed by atoms with Crippen molar-refractivity contribution in [3.05, 3.63) is 41.8 Å². The summed E-state index contributed by atoms with van der Waals surface area (Å²) in [7, 11) is 1.81. The molecule has 29 heavy (non-hydrogen) atoms. The number of Topliss-reactive ketones (excluding diaryl/α,β-unsaturated/α-hetero) is 1. The number of aromatic nitrogens is 2. The summed E-state index contributed by atoms with van der Waals surface area (Å²) < 4.78 is 20.1. The molecule has 0 amide bonds. The van der Waals surface area contributed by atoms with Crippen molar-refractivity contribution in [3.8, 4) is 5.75 Å². The smallest absolute Gasteiger partial charge is 0.227 e. The third-order valence-corrected chi connectivity index (χ3v) is 5.32. The molecular formula is C22H29FN4O2. The van der Waals surface area contributed by atoms with Crippen LogP contribution in [0.3, 0.4) is 0 Å². The quantitative estimate of drug-likeness (QED) is 0.672. The fourth-order valence-electron chi connectivity index (χ4n) is 3.54. The van der Waals surface area contributed by atoms with E-state index in [2.05, 4.69) is 16.9 Å². The van der Waals surface area contributed by atoms with Crippen LogP contribution in [0.15, 0.2) is 30.5 Å². The lowest BCUT2D eigenvalue weighted by Gasteiger charge is -2.21. The fraction of sp³-hybridized carbons (Fsp3) is 0.500. The first-order valence-electron chi connectivity index (χ1n) is 10.1. The summed E-state index contributed by atoms with van der Waals surface area (Å²) in [6.45, 7) is 7.71. The van der Waals surface area contributed by atoms with Crippen LogP contribution in [0.2, 0.25) is 0 Å². The number of ether oxygens (including phenoxy) is 1. The minimum absolute atomic E-state index is 0.0245. The van der Waals surface area contributed by atoms with Gasteiger partial charge in [0.1, 0.15) is 17.6 Å².